The summed E-state index contributed by atoms with van der Waals surface area (Å²) in [5, 5.41) is 6.74. The van der Waals surface area contributed by atoms with Gasteiger partial charge in [-0.3, -0.25) is 0 Å². The van der Waals surface area contributed by atoms with E-state index in [2.05, 4.69) is 15.4 Å². The maximum absolute atomic E-state index is 12.2. The Morgan fingerprint density at radius 3 is 2.55 bits per heavy atom. The van der Waals surface area contributed by atoms with E-state index in [0.29, 0.717) is 11.7 Å². The number of halogens is 4. The van der Waals surface area contributed by atoms with Crippen molar-refractivity contribution in [2.24, 2.45) is 0 Å². The Hall–Kier alpha value is -0.780. The van der Waals surface area contributed by atoms with Crippen LogP contribution in [0.5, 0.6) is 5.75 Å². The van der Waals surface area contributed by atoms with Gasteiger partial charge in [0, 0.05) is 18.3 Å². The maximum Gasteiger partial charge on any atom is 0.387 e. The van der Waals surface area contributed by atoms with Crippen LogP contribution >= 0.6 is 23.2 Å². The summed E-state index contributed by atoms with van der Waals surface area (Å²) in [7, 11) is 0. The Balaban J connectivity index is 1.98. The molecule has 1 saturated heterocycles. The molecule has 1 unspecified atom stereocenters. The third-order valence-corrected chi connectivity index (χ3v) is 3.73. The first-order chi connectivity index (χ1) is 9.56. The smallest absolute Gasteiger partial charge is 0.387 e. The molecule has 1 fully saturated rings. The van der Waals surface area contributed by atoms with Gasteiger partial charge in [-0.1, -0.05) is 29.6 Å². The molecule has 0 saturated carbocycles. The van der Waals surface area contributed by atoms with Crippen molar-refractivity contribution in [3.05, 3.63) is 22.2 Å². The van der Waals surface area contributed by atoms with Crippen LogP contribution in [-0.4, -0.2) is 25.7 Å². The number of anilines is 1. The van der Waals surface area contributed by atoms with Crippen LogP contribution in [0.4, 0.5) is 14.5 Å². The van der Waals surface area contributed by atoms with Gasteiger partial charge < -0.3 is 15.4 Å². The quantitative estimate of drug-likeness (QED) is 0.853. The van der Waals surface area contributed by atoms with Crippen LogP contribution in [0.2, 0.25) is 10.0 Å². The van der Waals surface area contributed by atoms with Crippen LogP contribution in [0.1, 0.15) is 19.3 Å². The summed E-state index contributed by atoms with van der Waals surface area (Å²) in [6, 6.07) is 3.47. The molecule has 1 aliphatic rings. The molecular formula is C13H16Cl2F2N2O. The fourth-order valence-corrected chi connectivity index (χ4v) is 2.78. The number of benzene rings is 1. The molecule has 1 atom stereocenters. The molecule has 112 valence electrons. The lowest BCUT2D eigenvalue weighted by molar-refractivity contribution is -0.0497. The zero-order chi connectivity index (χ0) is 14.5. The summed E-state index contributed by atoms with van der Waals surface area (Å²) in [6.07, 6.45) is 3.52. The van der Waals surface area contributed by atoms with Crippen LogP contribution in [0.25, 0.3) is 0 Å². The molecule has 0 aromatic heterocycles. The fraction of sp³-hybridized carbons (Fsp3) is 0.538. The molecule has 0 bridgehead atoms. The third kappa shape index (κ3) is 4.36. The Morgan fingerprint density at radius 1 is 1.30 bits per heavy atom. The summed E-state index contributed by atoms with van der Waals surface area (Å²) in [4.78, 5) is 0. The van der Waals surface area contributed by atoms with Gasteiger partial charge in [-0.2, -0.15) is 8.78 Å². The van der Waals surface area contributed by atoms with Crippen molar-refractivity contribution in [1.82, 2.24) is 5.32 Å². The second-order valence-electron chi connectivity index (χ2n) is 4.68. The van der Waals surface area contributed by atoms with E-state index in [-0.39, 0.29) is 15.8 Å². The van der Waals surface area contributed by atoms with Crippen molar-refractivity contribution >= 4 is 28.9 Å². The van der Waals surface area contributed by atoms with E-state index >= 15 is 0 Å². The van der Waals surface area contributed by atoms with Crippen molar-refractivity contribution in [2.75, 3.05) is 18.4 Å². The lowest BCUT2D eigenvalue weighted by Gasteiger charge is -2.24. The van der Waals surface area contributed by atoms with Gasteiger partial charge in [0.25, 0.3) is 0 Å². The first kappa shape index (κ1) is 15.6. The molecule has 2 N–H and O–H groups in total. The molecule has 0 aliphatic carbocycles. The van der Waals surface area contributed by atoms with Crippen LogP contribution in [0, 0.1) is 0 Å². The van der Waals surface area contributed by atoms with E-state index in [1.54, 1.807) is 0 Å². The van der Waals surface area contributed by atoms with Crippen LogP contribution in [-0.2, 0) is 0 Å². The number of hydrogen-bond acceptors (Lipinski definition) is 3. The number of hydrogen-bond donors (Lipinski definition) is 2. The van der Waals surface area contributed by atoms with Gasteiger partial charge in [0.2, 0.25) is 0 Å². The zero-order valence-corrected chi connectivity index (χ0v) is 12.3. The molecule has 0 amide bonds. The van der Waals surface area contributed by atoms with Crippen molar-refractivity contribution in [2.45, 2.75) is 31.9 Å². The highest BCUT2D eigenvalue weighted by molar-refractivity contribution is 6.37. The number of alkyl halides is 2. The Labute approximate surface area is 126 Å². The minimum absolute atomic E-state index is 0.0666. The topological polar surface area (TPSA) is 33.3 Å². The molecular weight excluding hydrogens is 309 g/mol. The highest BCUT2D eigenvalue weighted by Crippen LogP contribution is 2.36. The van der Waals surface area contributed by atoms with Crippen molar-refractivity contribution in [3.8, 4) is 5.75 Å². The van der Waals surface area contributed by atoms with Gasteiger partial charge in [0.05, 0.1) is 10.0 Å². The van der Waals surface area contributed by atoms with Gasteiger partial charge in [-0.25, -0.2) is 0 Å². The monoisotopic (exact) mass is 324 g/mol. The third-order valence-electron chi connectivity index (χ3n) is 3.17. The van der Waals surface area contributed by atoms with Crippen LogP contribution in [0.3, 0.4) is 0 Å². The molecule has 0 spiro atoms. The van der Waals surface area contributed by atoms with Gasteiger partial charge >= 0.3 is 6.61 Å². The second-order valence-corrected chi connectivity index (χ2v) is 5.49. The number of rotatable bonds is 5. The van der Waals surface area contributed by atoms with E-state index in [1.807, 2.05) is 0 Å². The number of nitrogens with one attached hydrogen (secondary N) is 2. The summed E-state index contributed by atoms with van der Waals surface area (Å²) in [5.41, 5.74) is 0.689. The van der Waals surface area contributed by atoms with E-state index < -0.39 is 6.61 Å². The predicted molar refractivity (Wildman–Crippen MR) is 77.2 cm³/mol. The van der Waals surface area contributed by atoms with Gasteiger partial charge in [-0.15, -0.1) is 0 Å². The maximum atomic E-state index is 12.2. The Morgan fingerprint density at radius 2 is 2.00 bits per heavy atom. The van der Waals surface area contributed by atoms with Crippen molar-refractivity contribution in [3.63, 3.8) is 0 Å². The van der Waals surface area contributed by atoms with E-state index in [4.69, 9.17) is 23.2 Å². The molecule has 7 heteroatoms. The van der Waals surface area contributed by atoms with Crippen LogP contribution < -0.4 is 15.4 Å². The Kier molecular flexibility index (Phi) is 5.69. The van der Waals surface area contributed by atoms with Gasteiger partial charge in [-0.05, 0) is 31.5 Å². The summed E-state index contributed by atoms with van der Waals surface area (Å²) in [6.45, 7) is -1.19. The largest absolute Gasteiger partial charge is 0.432 e. The average Bonchev–Trinajstić information content (AvgIpc) is 2.41. The average molecular weight is 325 g/mol. The Bertz CT molecular complexity index is 431. The summed E-state index contributed by atoms with van der Waals surface area (Å²) < 4.78 is 28.7. The van der Waals surface area contributed by atoms with Crippen LogP contribution in [0.15, 0.2) is 12.1 Å². The van der Waals surface area contributed by atoms with E-state index in [1.165, 1.54) is 25.0 Å². The minimum Gasteiger partial charge on any atom is -0.432 e. The standard InChI is InChI=1S/C13H16Cl2F2N2O/c14-10-5-9(6-11(15)12(10)20-13(16)17)19-7-8-3-1-2-4-18-8/h5-6,8,13,18-19H,1-4,7H2. The predicted octanol–water partition coefficient (Wildman–Crippen LogP) is 4.15. The SMILES string of the molecule is FC(F)Oc1c(Cl)cc(NCC2CCCCN2)cc1Cl. The normalized spacial score (nSPS) is 19.1. The fourth-order valence-electron chi connectivity index (χ4n) is 2.20. The van der Waals surface area contributed by atoms with Gasteiger partial charge in [0.15, 0.2) is 5.75 Å². The summed E-state index contributed by atoms with van der Waals surface area (Å²) in [5.74, 6) is -0.190. The van der Waals surface area contributed by atoms with Gasteiger partial charge in [0.1, 0.15) is 0 Å². The molecule has 2 rings (SSSR count). The molecule has 1 aromatic carbocycles. The number of piperidine rings is 1. The molecule has 1 aromatic rings. The first-order valence-electron chi connectivity index (χ1n) is 6.47. The molecule has 3 nitrogen and oxygen atoms in total. The highest BCUT2D eigenvalue weighted by Gasteiger charge is 2.16. The summed E-state index contributed by atoms with van der Waals surface area (Å²) >= 11 is 11.8. The van der Waals surface area contributed by atoms with Crippen molar-refractivity contribution in [1.29, 1.82) is 0 Å². The molecule has 0 radical (unpaired) electrons. The lowest BCUT2D eigenvalue weighted by Crippen LogP contribution is -2.39. The molecule has 1 heterocycles. The van der Waals surface area contributed by atoms with E-state index in [9.17, 15) is 8.78 Å². The zero-order valence-electron chi connectivity index (χ0n) is 10.8. The first-order valence-corrected chi connectivity index (χ1v) is 7.23. The molecule has 20 heavy (non-hydrogen) atoms. The van der Waals surface area contributed by atoms with Crippen molar-refractivity contribution < 1.29 is 13.5 Å². The number of ether oxygens (including phenoxy) is 1. The molecule has 1 aliphatic heterocycles. The highest BCUT2D eigenvalue weighted by atomic mass is 35.5. The second kappa shape index (κ2) is 7.29. The lowest BCUT2D eigenvalue weighted by atomic mass is 10.1. The minimum atomic E-state index is -2.95. The van der Waals surface area contributed by atoms with E-state index in [0.717, 1.165) is 19.5 Å².